The lowest BCUT2D eigenvalue weighted by molar-refractivity contribution is 0.0694. The Bertz CT molecular complexity index is 905. The molecule has 0 saturated heterocycles. The molecule has 1 aromatic heterocycles. The lowest BCUT2D eigenvalue weighted by atomic mass is 10.0. The first-order chi connectivity index (χ1) is 12.1. The molecule has 0 unspecified atom stereocenters. The molecule has 5 nitrogen and oxygen atoms in total. The van der Waals surface area contributed by atoms with Gasteiger partial charge in [-0.15, -0.1) is 0 Å². The Morgan fingerprint density at radius 2 is 1.76 bits per heavy atom. The molecule has 0 spiro atoms. The maximum atomic E-state index is 11.0. The second kappa shape index (κ2) is 7.05. The third-order valence-corrected chi connectivity index (χ3v) is 3.95. The number of aromatic hydroxyl groups is 1. The highest BCUT2D eigenvalue weighted by Crippen LogP contribution is 2.28. The van der Waals surface area contributed by atoms with Gasteiger partial charge in [-0.3, -0.25) is 4.98 Å². The van der Waals surface area contributed by atoms with Crippen LogP contribution in [0.25, 0.3) is 11.1 Å². The fourth-order valence-electron chi connectivity index (χ4n) is 2.55. The average molecular weight is 334 g/mol. The highest BCUT2D eigenvalue weighted by atomic mass is 16.4. The Balaban J connectivity index is 1.86. The number of nitrogens with one attached hydrogen (secondary N) is 1. The molecule has 0 aliphatic heterocycles. The number of rotatable bonds is 5. The molecule has 0 amide bonds. The van der Waals surface area contributed by atoms with Crippen molar-refractivity contribution in [3.8, 4) is 16.9 Å². The van der Waals surface area contributed by atoms with Crippen LogP contribution in [0.15, 0.2) is 60.9 Å². The van der Waals surface area contributed by atoms with Gasteiger partial charge in [-0.25, -0.2) is 4.79 Å². The second-order valence-electron chi connectivity index (χ2n) is 5.67. The zero-order valence-corrected chi connectivity index (χ0v) is 13.7. The number of carboxylic acid groups (broad SMARTS) is 1. The molecular weight excluding hydrogens is 316 g/mol. The van der Waals surface area contributed by atoms with E-state index in [1.54, 1.807) is 18.5 Å². The van der Waals surface area contributed by atoms with E-state index >= 15 is 0 Å². The highest BCUT2D eigenvalue weighted by molar-refractivity contribution is 5.91. The first-order valence-corrected chi connectivity index (χ1v) is 7.94. The summed E-state index contributed by atoms with van der Waals surface area (Å²) in [5.74, 6) is -1.42. The van der Waals surface area contributed by atoms with Crippen molar-refractivity contribution in [1.82, 2.24) is 4.98 Å². The van der Waals surface area contributed by atoms with Crippen molar-refractivity contribution in [3.05, 3.63) is 72.1 Å². The van der Waals surface area contributed by atoms with Crippen LogP contribution in [-0.4, -0.2) is 21.2 Å². The van der Waals surface area contributed by atoms with E-state index in [0.29, 0.717) is 5.56 Å². The number of nitrogens with zero attached hydrogens (tertiary/aromatic N) is 1. The third-order valence-electron chi connectivity index (χ3n) is 3.95. The normalized spacial score (nSPS) is 10.4. The zero-order chi connectivity index (χ0) is 17.8. The molecule has 0 aliphatic carbocycles. The topological polar surface area (TPSA) is 82.5 Å². The van der Waals surface area contributed by atoms with Gasteiger partial charge in [0.25, 0.3) is 0 Å². The Morgan fingerprint density at radius 1 is 1.00 bits per heavy atom. The van der Waals surface area contributed by atoms with Crippen LogP contribution in [0.3, 0.4) is 0 Å². The van der Waals surface area contributed by atoms with E-state index in [-0.39, 0.29) is 11.3 Å². The summed E-state index contributed by atoms with van der Waals surface area (Å²) in [6, 6.07) is 14.5. The molecule has 1 heterocycles. The molecule has 0 radical (unpaired) electrons. The van der Waals surface area contributed by atoms with Crippen molar-refractivity contribution in [2.45, 2.75) is 13.3 Å². The minimum atomic E-state index is -1.16. The number of aromatic carboxylic acids is 1. The Hall–Kier alpha value is -3.34. The summed E-state index contributed by atoms with van der Waals surface area (Å²) in [7, 11) is 0. The van der Waals surface area contributed by atoms with Gasteiger partial charge in [0.15, 0.2) is 0 Å². The number of carboxylic acids is 1. The Kier molecular flexibility index (Phi) is 4.66. The summed E-state index contributed by atoms with van der Waals surface area (Å²) >= 11 is 0. The maximum absolute atomic E-state index is 11.0. The maximum Gasteiger partial charge on any atom is 0.339 e. The first-order valence-electron chi connectivity index (χ1n) is 7.94. The molecule has 2 aromatic carbocycles. The predicted molar refractivity (Wildman–Crippen MR) is 97.4 cm³/mol. The number of pyridine rings is 1. The van der Waals surface area contributed by atoms with E-state index in [4.69, 9.17) is 5.11 Å². The van der Waals surface area contributed by atoms with E-state index in [1.807, 2.05) is 18.2 Å². The van der Waals surface area contributed by atoms with E-state index in [0.717, 1.165) is 23.4 Å². The monoisotopic (exact) mass is 334 g/mol. The lowest BCUT2D eigenvalue weighted by Crippen LogP contribution is -1.97. The zero-order valence-electron chi connectivity index (χ0n) is 13.7. The van der Waals surface area contributed by atoms with Crippen molar-refractivity contribution in [2.24, 2.45) is 0 Å². The van der Waals surface area contributed by atoms with Crippen LogP contribution in [0.4, 0.5) is 11.4 Å². The highest BCUT2D eigenvalue weighted by Gasteiger charge is 2.11. The Morgan fingerprint density at radius 3 is 2.40 bits per heavy atom. The number of hydrogen-bond donors (Lipinski definition) is 3. The number of anilines is 2. The second-order valence-corrected chi connectivity index (χ2v) is 5.67. The van der Waals surface area contributed by atoms with E-state index in [1.165, 1.54) is 17.7 Å². The molecule has 0 atom stereocenters. The van der Waals surface area contributed by atoms with E-state index in [2.05, 4.69) is 29.4 Å². The van der Waals surface area contributed by atoms with Gasteiger partial charge >= 0.3 is 5.97 Å². The molecule has 0 saturated carbocycles. The SMILES string of the molecule is CCc1ccc(Nc2cncc(-c3ccc(C(=O)O)c(O)c3)c2)cc1. The van der Waals surface area contributed by atoms with Crippen molar-refractivity contribution >= 4 is 17.3 Å². The third kappa shape index (κ3) is 3.77. The standard InChI is InChI=1S/C20H18N2O3/c1-2-13-3-6-16(7-4-13)22-17-9-15(11-21-12-17)14-5-8-18(20(24)25)19(23)10-14/h3-12,22-23H,2H2,1H3,(H,24,25). The van der Waals surface area contributed by atoms with E-state index < -0.39 is 5.97 Å². The van der Waals surface area contributed by atoms with Gasteiger partial charge in [-0.2, -0.15) is 0 Å². The number of aromatic nitrogens is 1. The van der Waals surface area contributed by atoms with E-state index in [9.17, 15) is 9.90 Å². The number of phenols is 1. The number of carbonyl (C=O) groups is 1. The fourth-order valence-corrected chi connectivity index (χ4v) is 2.55. The number of benzene rings is 2. The molecule has 25 heavy (non-hydrogen) atoms. The van der Waals surface area contributed by atoms with Gasteiger partial charge in [0.2, 0.25) is 0 Å². The number of hydrogen-bond acceptors (Lipinski definition) is 4. The fraction of sp³-hybridized carbons (Fsp3) is 0.100. The van der Waals surface area contributed by atoms with Gasteiger partial charge in [0.05, 0.1) is 11.9 Å². The van der Waals surface area contributed by atoms with Crippen LogP contribution >= 0.6 is 0 Å². The quantitative estimate of drug-likeness (QED) is 0.642. The smallest absolute Gasteiger partial charge is 0.339 e. The summed E-state index contributed by atoms with van der Waals surface area (Å²) in [4.78, 5) is 15.2. The lowest BCUT2D eigenvalue weighted by Gasteiger charge is -2.09. The van der Waals surface area contributed by atoms with Crippen molar-refractivity contribution < 1.29 is 15.0 Å². The average Bonchev–Trinajstić information content (AvgIpc) is 2.62. The van der Waals surface area contributed by atoms with Crippen LogP contribution in [0.5, 0.6) is 5.75 Å². The van der Waals surface area contributed by atoms with Gasteiger partial charge in [0, 0.05) is 17.4 Å². The van der Waals surface area contributed by atoms with Crippen LogP contribution in [0, 0.1) is 0 Å². The Labute approximate surface area is 145 Å². The predicted octanol–water partition coefficient (Wildman–Crippen LogP) is 4.46. The molecule has 3 rings (SSSR count). The summed E-state index contributed by atoms with van der Waals surface area (Å²) < 4.78 is 0. The van der Waals surface area contributed by atoms with Gasteiger partial charge in [-0.05, 0) is 47.9 Å². The molecule has 3 N–H and O–H groups in total. The van der Waals surface area contributed by atoms with Gasteiger partial charge < -0.3 is 15.5 Å². The van der Waals surface area contributed by atoms with Crippen LogP contribution in [-0.2, 0) is 6.42 Å². The minimum Gasteiger partial charge on any atom is -0.507 e. The largest absolute Gasteiger partial charge is 0.507 e. The summed E-state index contributed by atoms with van der Waals surface area (Å²) in [5, 5.41) is 22.1. The van der Waals surface area contributed by atoms with Crippen molar-refractivity contribution in [2.75, 3.05) is 5.32 Å². The minimum absolute atomic E-state index is 0.123. The molecule has 0 bridgehead atoms. The van der Waals surface area contributed by atoms with Gasteiger partial charge in [-0.1, -0.05) is 25.1 Å². The molecule has 0 aliphatic rings. The molecule has 126 valence electrons. The van der Waals surface area contributed by atoms with Crippen molar-refractivity contribution in [3.63, 3.8) is 0 Å². The molecular formula is C20H18N2O3. The summed E-state index contributed by atoms with van der Waals surface area (Å²) in [6.07, 6.45) is 4.37. The molecule has 3 aromatic rings. The van der Waals surface area contributed by atoms with Gasteiger partial charge in [0.1, 0.15) is 11.3 Å². The van der Waals surface area contributed by atoms with Crippen molar-refractivity contribution in [1.29, 1.82) is 0 Å². The summed E-state index contributed by atoms with van der Waals surface area (Å²) in [6.45, 7) is 2.11. The molecule has 5 heteroatoms. The molecule has 0 fully saturated rings. The van der Waals surface area contributed by atoms with Crippen LogP contribution < -0.4 is 5.32 Å². The summed E-state index contributed by atoms with van der Waals surface area (Å²) in [5.41, 5.74) is 4.39. The van der Waals surface area contributed by atoms with Crippen LogP contribution in [0.2, 0.25) is 0 Å². The first kappa shape index (κ1) is 16.5. The number of aryl methyl sites for hydroxylation is 1. The van der Waals surface area contributed by atoms with Crippen LogP contribution in [0.1, 0.15) is 22.8 Å².